The number of urea groups is 1. The summed E-state index contributed by atoms with van der Waals surface area (Å²) >= 11 is 1.50. The Morgan fingerprint density at radius 1 is 1.50 bits per heavy atom. The van der Waals surface area contributed by atoms with Crippen molar-refractivity contribution in [3.8, 4) is 0 Å². The minimum Gasteiger partial charge on any atom is -0.481 e. The van der Waals surface area contributed by atoms with Crippen molar-refractivity contribution in [3.05, 3.63) is 16.6 Å². The van der Waals surface area contributed by atoms with Gasteiger partial charge in [0.15, 0.2) is 0 Å². The van der Waals surface area contributed by atoms with Crippen LogP contribution in [0, 0.1) is 5.92 Å². The van der Waals surface area contributed by atoms with Gasteiger partial charge in [-0.3, -0.25) is 4.79 Å². The van der Waals surface area contributed by atoms with Crippen LogP contribution in [0.2, 0.25) is 0 Å². The van der Waals surface area contributed by atoms with Crippen molar-refractivity contribution >= 4 is 23.3 Å². The largest absolute Gasteiger partial charge is 0.481 e. The first-order chi connectivity index (χ1) is 9.60. The molecule has 0 saturated heterocycles. The van der Waals surface area contributed by atoms with E-state index in [1.54, 1.807) is 6.20 Å². The average Bonchev–Trinajstić information content (AvgIpc) is 3.10. The lowest BCUT2D eigenvalue weighted by Gasteiger charge is -2.20. The standard InChI is InChI=1S/C13H19N3O3S/c1-2-9(12-14-5-6-20-12)15-13(19)16-10(7-11(17)18)8-3-4-8/h5-6,8-10H,2-4,7H2,1H3,(H,17,18)(H2,15,16,19). The molecule has 0 radical (unpaired) electrons. The number of hydrogen-bond donors (Lipinski definition) is 3. The van der Waals surface area contributed by atoms with E-state index in [2.05, 4.69) is 15.6 Å². The van der Waals surface area contributed by atoms with Crippen LogP contribution in [-0.4, -0.2) is 28.1 Å². The Morgan fingerprint density at radius 2 is 2.25 bits per heavy atom. The lowest BCUT2D eigenvalue weighted by atomic mass is 10.1. The maximum Gasteiger partial charge on any atom is 0.315 e. The second kappa shape index (κ2) is 6.69. The van der Waals surface area contributed by atoms with Gasteiger partial charge in [0, 0.05) is 17.6 Å². The zero-order valence-corrected chi connectivity index (χ0v) is 12.2. The second-order valence-electron chi connectivity index (χ2n) is 4.99. The smallest absolute Gasteiger partial charge is 0.315 e. The molecule has 20 heavy (non-hydrogen) atoms. The third kappa shape index (κ3) is 4.19. The number of nitrogens with one attached hydrogen (secondary N) is 2. The number of amides is 2. The topological polar surface area (TPSA) is 91.3 Å². The number of aliphatic carboxylic acids is 1. The fourth-order valence-electron chi connectivity index (χ4n) is 2.14. The Bertz CT molecular complexity index is 459. The van der Waals surface area contributed by atoms with Crippen LogP contribution in [0.5, 0.6) is 0 Å². The van der Waals surface area contributed by atoms with Crippen molar-refractivity contribution in [3.63, 3.8) is 0 Å². The molecule has 1 saturated carbocycles. The van der Waals surface area contributed by atoms with Gasteiger partial charge < -0.3 is 15.7 Å². The molecule has 1 aromatic heterocycles. The number of carbonyl (C=O) groups is 2. The Kier molecular flexibility index (Phi) is 4.94. The van der Waals surface area contributed by atoms with Gasteiger partial charge in [0.1, 0.15) is 5.01 Å². The molecular weight excluding hydrogens is 278 g/mol. The number of hydrogen-bond acceptors (Lipinski definition) is 4. The van der Waals surface area contributed by atoms with E-state index in [0.717, 1.165) is 24.3 Å². The van der Waals surface area contributed by atoms with Crippen LogP contribution in [-0.2, 0) is 4.79 Å². The minimum absolute atomic E-state index is 0.0217. The van der Waals surface area contributed by atoms with Gasteiger partial charge in [0.2, 0.25) is 0 Å². The van der Waals surface area contributed by atoms with Crippen LogP contribution in [0.25, 0.3) is 0 Å². The molecule has 1 aliphatic rings. The van der Waals surface area contributed by atoms with E-state index in [1.807, 2.05) is 12.3 Å². The summed E-state index contributed by atoms with van der Waals surface area (Å²) in [6.45, 7) is 1.97. The second-order valence-corrected chi connectivity index (χ2v) is 5.92. The zero-order chi connectivity index (χ0) is 14.5. The van der Waals surface area contributed by atoms with Gasteiger partial charge in [-0.15, -0.1) is 11.3 Å². The van der Waals surface area contributed by atoms with Gasteiger partial charge in [-0.05, 0) is 25.2 Å². The Morgan fingerprint density at radius 3 is 2.75 bits per heavy atom. The summed E-state index contributed by atoms with van der Waals surface area (Å²) in [4.78, 5) is 27.0. The molecule has 0 aromatic carbocycles. The van der Waals surface area contributed by atoms with Crippen LogP contribution < -0.4 is 10.6 Å². The first-order valence-corrected chi connectivity index (χ1v) is 7.66. The molecule has 110 valence electrons. The number of nitrogens with zero attached hydrogens (tertiary/aromatic N) is 1. The molecule has 2 amide bonds. The van der Waals surface area contributed by atoms with Gasteiger partial charge in [-0.2, -0.15) is 0 Å². The van der Waals surface area contributed by atoms with Crippen molar-refractivity contribution in [1.82, 2.24) is 15.6 Å². The van der Waals surface area contributed by atoms with Crippen molar-refractivity contribution in [2.75, 3.05) is 0 Å². The lowest BCUT2D eigenvalue weighted by Crippen LogP contribution is -2.45. The molecule has 0 aliphatic heterocycles. The maximum atomic E-state index is 12.0. The molecular formula is C13H19N3O3S. The highest BCUT2D eigenvalue weighted by molar-refractivity contribution is 7.09. The molecule has 6 nitrogen and oxygen atoms in total. The molecule has 1 aliphatic carbocycles. The first-order valence-electron chi connectivity index (χ1n) is 6.78. The molecule has 7 heteroatoms. The van der Waals surface area contributed by atoms with Crippen LogP contribution in [0.1, 0.15) is 43.7 Å². The summed E-state index contributed by atoms with van der Waals surface area (Å²) in [5, 5.41) is 17.2. The fourth-order valence-corrected chi connectivity index (χ4v) is 2.91. The Hall–Kier alpha value is -1.63. The summed E-state index contributed by atoms with van der Waals surface area (Å²) in [6.07, 6.45) is 4.41. The maximum absolute atomic E-state index is 12.0. The van der Waals surface area contributed by atoms with Gasteiger partial charge >= 0.3 is 12.0 Å². The van der Waals surface area contributed by atoms with Crippen LogP contribution in [0.3, 0.4) is 0 Å². The van der Waals surface area contributed by atoms with Crippen molar-refractivity contribution in [1.29, 1.82) is 0 Å². The zero-order valence-electron chi connectivity index (χ0n) is 11.3. The fraction of sp³-hybridized carbons (Fsp3) is 0.615. The highest BCUT2D eigenvalue weighted by Crippen LogP contribution is 2.34. The number of thiazole rings is 1. The molecule has 0 bridgehead atoms. The predicted octanol–water partition coefficient (Wildman–Crippen LogP) is 2.15. The van der Waals surface area contributed by atoms with Crippen LogP contribution in [0.15, 0.2) is 11.6 Å². The number of carbonyl (C=O) groups excluding carboxylic acids is 1. The van der Waals surface area contributed by atoms with Gasteiger partial charge in [-0.1, -0.05) is 6.92 Å². The summed E-state index contributed by atoms with van der Waals surface area (Å²) in [7, 11) is 0. The van der Waals surface area contributed by atoms with E-state index in [1.165, 1.54) is 11.3 Å². The third-order valence-corrected chi connectivity index (χ3v) is 4.25. The monoisotopic (exact) mass is 297 g/mol. The minimum atomic E-state index is -0.880. The summed E-state index contributed by atoms with van der Waals surface area (Å²) < 4.78 is 0. The summed E-state index contributed by atoms with van der Waals surface area (Å²) in [5.41, 5.74) is 0. The normalized spacial score (nSPS) is 17.2. The number of carboxylic acid groups (broad SMARTS) is 1. The summed E-state index contributed by atoms with van der Waals surface area (Å²) in [6, 6.07) is -0.716. The van der Waals surface area contributed by atoms with Crippen molar-refractivity contribution < 1.29 is 14.7 Å². The van der Waals surface area contributed by atoms with Crippen molar-refractivity contribution in [2.24, 2.45) is 5.92 Å². The molecule has 1 heterocycles. The molecule has 2 unspecified atom stereocenters. The van der Waals surface area contributed by atoms with Crippen LogP contribution in [0.4, 0.5) is 4.79 Å². The molecule has 1 aromatic rings. The van der Waals surface area contributed by atoms with E-state index in [9.17, 15) is 9.59 Å². The Labute approximate surface area is 121 Å². The van der Waals surface area contributed by atoms with Crippen LogP contribution >= 0.6 is 11.3 Å². The molecule has 0 spiro atoms. The number of carboxylic acids is 1. The average molecular weight is 297 g/mol. The first kappa shape index (κ1) is 14.8. The molecule has 2 atom stereocenters. The predicted molar refractivity (Wildman–Crippen MR) is 75.6 cm³/mol. The van der Waals surface area contributed by atoms with E-state index in [4.69, 9.17) is 5.11 Å². The highest BCUT2D eigenvalue weighted by Gasteiger charge is 2.34. The van der Waals surface area contributed by atoms with E-state index >= 15 is 0 Å². The molecule has 2 rings (SSSR count). The van der Waals surface area contributed by atoms with Gasteiger partial charge in [0.25, 0.3) is 0 Å². The molecule has 3 N–H and O–H groups in total. The number of aromatic nitrogens is 1. The van der Waals surface area contributed by atoms with Gasteiger partial charge in [0.05, 0.1) is 12.5 Å². The van der Waals surface area contributed by atoms with E-state index in [-0.39, 0.29) is 24.5 Å². The Balaban J connectivity index is 1.88. The lowest BCUT2D eigenvalue weighted by molar-refractivity contribution is -0.137. The quantitative estimate of drug-likeness (QED) is 0.719. The molecule has 1 fully saturated rings. The SMILES string of the molecule is CCC(NC(=O)NC(CC(=O)O)C1CC1)c1nccs1. The highest BCUT2D eigenvalue weighted by atomic mass is 32.1. The van der Waals surface area contributed by atoms with E-state index in [0.29, 0.717) is 5.92 Å². The van der Waals surface area contributed by atoms with E-state index < -0.39 is 5.97 Å². The van der Waals surface area contributed by atoms with Crippen molar-refractivity contribution in [2.45, 2.75) is 44.7 Å². The summed E-state index contributed by atoms with van der Waals surface area (Å²) in [5.74, 6) is -0.578. The number of rotatable bonds is 7. The van der Waals surface area contributed by atoms with Gasteiger partial charge in [-0.25, -0.2) is 9.78 Å². The third-order valence-electron chi connectivity index (χ3n) is 3.37.